The van der Waals surface area contributed by atoms with Gasteiger partial charge in [-0.3, -0.25) is 9.79 Å². The minimum absolute atomic E-state index is 0.0863. The van der Waals surface area contributed by atoms with Gasteiger partial charge in [0.05, 0.1) is 0 Å². The van der Waals surface area contributed by atoms with Crippen molar-refractivity contribution in [3.8, 4) is 5.75 Å². The first-order chi connectivity index (χ1) is 13.0. The Kier molecular flexibility index (Phi) is 11.7. The lowest BCUT2D eigenvalue weighted by molar-refractivity contribution is 0.0953. The summed E-state index contributed by atoms with van der Waals surface area (Å²) in [5.74, 6) is 1.23. The van der Waals surface area contributed by atoms with Crippen molar-refractivity contribution < 1.29 is 14.6 Å². The molecule has 1 rings (SSSR count). The highest BCUT2D eigenvalue weighted by atomic mass is 16.5. The summed E-state index contributed by atoms with van der Waals surface area (Å²) in [6.07, 6.45) is 1.66. The number of rotatable bonds is 12. The summed E-state index contributed by atoms with van der Waals surface area (Å²) in [6, 6.07) is 6.31. The fraction of sp³-hybridized carbons (Fsp3) is 0.600. The van der Waals surface area contributed by atoms with E-state index < -0.39 is 0 Å². The van der Waals surface area contributed by atoms with Gasteiger partial charge in [0.1, 0.15) is 5.75 Å². The third kappa shape index (κ3) is 11.1. The summed E-state index contributed by atoms with van der Waals surface area (Å²) in [4.78, 5) is 16.5. The predicted molar refractivity (Wildman–Crippen MR) is 109 cm³/mol. The SMILES string of the molecule is CCNC(=NCCCNC(=O)c1cccc(O)c1)NCCCOCC(C)C. The number of benzene rings is 1. The molecule has 0 heterocycles. The van der Waals surface area contributed by atoms with E-state index in [0.29, 0.717) is 24.6 Å². The van der Waals surface area contributed by atoms with Crippen molar-refractivity contribution in [2.24, 2.45) is 10.9 Å². The van der Waals surface area contributed by atoms with Crippen LogP contribution >= 0.6 is 0 Å². The molecule has 152 valence electrons. The molecule has 0 aliphatic heterocycles. The molecule has 0 aliphatic rings. The third-order valence-corrected chi connectivity index (χ3v) is 3.55. The summed E-state index contributed by atoms with van der Waals surface area (Å²) in [5, 5.41) is 18.7. The van der Waals surface area contributed by atoms with Crippen LogP contribution in [0.5, 0.6) is 5.75 Å². The summed E-state index contributed by atoms with van der Waals surface area (Å²) < 4.78 is 5.56. The van der Waals surface area contributed by atoms with Crippen molar-refractivity contribution in [1.82, 2.24) is 16.0 Å². The van der Waals surface area contributed by atoms with Gasteiger partial charge in [0, 0.05) is 45.0 Å². The minimum atomic E-state index is -0.193. The third-order valence-electron chi connectivity index (χ3n) is 3.55. The topological polar surface area (TPSA) is 95.0 Å². The van der Waals surface area contributed by atoms with Gasteiger partial charge in [-0.15, -0.1) is 0 Å². The average Bonchev–Trinajstić information content (AvgIpc) is 2.63. The molecule has 0 fully saturated rings. The van der Waals surface area contributed by atoms with Crippen LogP contribution in [0.25, 0.3) is 0 Å². The Bertz CT molecular complexity index is 576. The molecule has 0 atom stereocenters. The molecule has 0 bridgehead atoms. The molecule has 27 heavy (non-hydrogen) atoms. The van der Waals surface area contributed by atoms with E-state index in [-0.39, 0.29) is 11.7 Å². The number of carbonyl (C=O) groups excluding carboxylic acids is 1. The van der Waals surface area contributed by atoms with E-state index in [2.05, 4.69) is 34.8 Å². The summed E-state index contributed by atoms with van der Waals surface area (Å²) >= 11 is 0. The number of aromatic hydroxyl groups is 1. The maximum absolute atomic E-state index is 12.0. The number of ether oxygens (including phenoxy) is 1. The minimum Gasteiger partial charge on any atom is -0.508 e. The second kappa shape index (κ2) is 13.9. The molecule has 7 nitrogen and oxygen atoms in total. The molecule has 1 aromatic carbocycles. The number of amides is 1. The van der Waals surface area contributed by atoms with Crippen molar-refractivity contribution in [1.29, 1.82) is 0 Å². The van der Waals surface area contributed by atoms with Crippen molar-refractivity contribution >= 4 is 11.9 Å². The van der Waals surface area contributed by atoms with E-state index in [1.54, 1.807) is 12.1 Å². The van der Waals surface area contributed by atoms with Crippen LogP contribution in [-0.2, 0) is 4.74 Å². The van der Waals surface area contributed by atoms with Crippen molar-refractivity contribution in [2.45, 2.75) is 33.6 Å². The van der Waals surface area contributed by atoms with Crippen LogP contribution < -0.4 is 16.0 Å². The zero-order valence-electron chi connectivity index (χ0n) is 16.8. The lowest BCUT2D eigenvalue weighted by atomic mass is 10.2. The van der Waals surface area contributed by atoms with Crippen molar-refractivity contribution in [3.05, 3.63) is 29.8 Å². The number of carbonyl (C=O) groups is 1. The zero-order chi connectivity index (χ0) is 19.9. The number of hydrogen-bond donors (Lipinski definition) is 4. The first-order valence-corrected chi connectivity index (χ1v) is 9.70. The molecule has 1 aromatic rings. The summed E-state index contributed by atoms with van der Waals surface area (Å²) in [7, 11) is 0. The molecule has 0 aromatic heterocycles. The van der Waals surface area contributed by atoms with Gasteiger partial charge in [0.2, 0.25) is 0 Å². The molecule has 0 unspecified atom stereocenters. The van der Waals surface area contributed by atoms with Crippen LogP contribution in [-0.4, -0.2) is 56.4 Å². The smallest absolute Gasteiger partial charge is 0.251 e. The molecular formula is C20H34N4O3. The van der Waals surface area contributed by atoms with Crippen LogP contribution in [0.4, 0.5) is 0 Å². The number of aliphatic imine (C=N–C) groups is 1. The highest BCUT2D eigenvalue weighted by Gasteiger charge is 2.05. The Hall–Kier alpha value is -2.28. The number of guanidine groups is 1. The second-order valence-electron chi connectivity index (χ2n) is 6.67. The van der Waals surface area contributed by atoms with E-state index in [0.717, 1.165) is 45.1 Å². The van der Waals surface area contributed by atoms with Gasteiger partial charge < -0.3 is 25.8 Å². The first-order valence-electron chi connectivity index (χ1n) is 9.70. The molecule has 7 heteroatoms. The number of nitrogens with zero attached hydrogens (tertiary/aromatic N) is 1. The Morgan fingerprint density at radius 2 is 1.96 bits per heavy atom. The highest BCUT2D eigenvalue weighted by Crippen LogP contribution is 2.10. The molecule has 0 radical (unpaired) electrons. The molecule has 4 N–H and O–H groups in total. The second-order valence-corrected chi connectivity index (χ2v) is 6.67. The summed E-state index contributed by atoms with van der Waals surface area (Å²) in [6.45, 7) is 10.6. The Morgan fingerprint density at radius 3 is 2.67 bits per heavy atom. The maximum Gasteiger partial charge on any atom is 0.251 e. The van der Waals surface area contributed by atoms with Crippen molar-refractivity contribution in [2.75, 3.05) is 39.4 Å². The van der Waals surface area contributed by atoms with Gasteiger partial charge in [-0.05, 0) is 43.9 Å². The highest BCUT2D eigenvalue weighted by molar-refractivity contribution is 5.94. The van der Waals surface area contributed by atoms with Crippen molar-refractivity contribution in [3.63, 3.8) is 0 Å². The molecule has 0 saturated heterocycles. The van der Waals surface area contributed by atoms with E-state index in [9.17, 15) is 9.90 Å². The lowest BCUT2D eigenvalue weighted by Crippen LogP contribution is -2.38. The lowest BCUT2D eigenvalue weighted by Gasteiger charge is -2.12. The van der Waals surface area contributed by atoms with Gasteiger partial charge in [-0.1, -0.05) is 19.9 Å². The van der Waals surface area contributed by atoms with E-state index in [1.807, 2.05) is 6.92 Å². The summed E-state index contributed by atoms with van der Waals surface area (Å²) in [5.41, 5.74) is 0.452. The number of phenols is 1. The van der Waals surface area contributed by atoms with Gasteiger partial charge >= 0.3 is 0 Å². The number of phenolic OH excluding ortho intramolecular Hbond substituents is 1. The Labute approximate surface area is 162 Å². The van der Waals surface area contributed by atoms with Gasteiger partial charge in [-0.25, -0.2) is 0 Å². The molecule has 0 spiro atoms. The molecule has 0 aliphatic carbocycles. The number of nitrogens with one attached hydrogen (secondary N) is 3. The fourth-order valence-corrected chi connectivity index (χ4v) is 2.26. The Morgan fingerprint density at radius 1 is 1.19 bits per heavy atom. The van der Waals surface area contributed by atoms with Gasteiger partial charge in [-0.2, -0.15) is 0 Å². The molecular weight excluding hydrogens is 344 g/mol. The fourth-order valence-electron chi connectivity index (χ4n) is 2.26. The normalized spacial score (nSPS) is 11.5. The van der Waals surface area contributed by atoms with E-state index >= 15 is 0 Å². The largest absolute Gasteiger partial charge is 0.508 e. The quantitative estimate of drug-likeness (QED) is 0.254. The zero-order valence-corrected chi connectivity index (χ0v) is 16.8. The van der Waals surface area contributed by atoms with Gasteiger partial charge in [0.25, 0.3) is 5.91 Å². The standard InChI is InChI=1S/C20H34N4O3/c1-4-21-20(24-12-7-13-27-15-16(2)3)23-11-6-10-22-19(26)17-8-5-9-18(25)14-17/h5,8-9,14,16,25H,4,6-7,10-13,15H2,1-3H3,(H,22,26)(H2,21,23,24). The van der Waals surface area contributed by atoms with Crippen LogP contribution in [0.1, 0.15) is 44.0 Å². The van der Waals surface area contributed by atoms with Gasteiger partial charge in [0.15, 0.2) is 5.96 Å². The average molecular weight is 379 g/mol. The first kappa shape index (κ1) is 22.8. The van der Waals surface area contributed by atoms with Crippen LogP contribution in [0, 0.1) is 5.92 Å². The van der Waals surface area contributed by atoms with E-state index in [4.69, 9.17) is 4.74 Å². The Balaban J connectivity index is 2.21. The molecule has 0 saturated carbocycles. The van der Waals surface area contributed by atoms with Crippen LogP contribution in [0.2, 0.25) is 0 Å². The predicted octanol–water partition coefficient (Wildman–Crippen LogP) is 2.13. The van der Waals surface area contributed by atoms with Crippen LogP contribution in [0.15, 0.2) is 29.3 Å². The van der Waals surface area contributed by atoms with E-state index in [1.165, 1.54) is 12.1 Å². The monoisotopic (exact) mass is 378 g/mol. The number of hydrogen-bond acceptors (Lipinski definition) is 4. The maximum atomic E-state index is 12.0. The molecule has 1 amide bonds. The van der Waals surface area contributed by atoms with Crippen LogP contribution in [0.3, 0.4) is 0 Å².